The summed E-state index contributed by atoms with van der Waals surface area (Å²) in [7, 11) is 3.26. The summed E-state index contributed by atoms with van der Waals surface area (Å²) in [6.07, 6.45) is 0.936. The number of halogens is 1. The zero-order valence-corrected chi connectivity index (χ0v) is 14.9. The molecular weight excluding hydrogens is 376 g/mol. The molecule has 24 heavy (non-hydrogen) atoms. The zero-order chi connectivity index (χ0) is 17.7. The van der Waals surface area contributed by atoms with Crippen molar-refractivity contribution in [2.24, 2.45) is 0 Å². The number of amides is 1. The Hall–Kier alpha value is -2.41. The molecule has 0 N–H and O–H groups in total. The van der Waals surface area contributed by atoms with Crippen LogP contribution in [0.2, 0.25) is 0 Å². The second-order valence-electron chi connectivity index (χ2n) is 5.20. The molecular formula is C17H17BrN2O4. The van der Waals surface area contributed by atoms with Crippen molar-refractivity contribution in [2.45, 2.75) is 12.8 Å². The summed E-state index contributed by atoms with van der Waals surface area (Å²) in [5, 5.41) is 10.7. The summed E-state index contributed by atoms with van der Waals surface area (Å²) in [5.74, 6) is 0.684. The minimum Gasteiger partial charge on any atom is -0.496 e. The van der Waals surface area contributed by atoms with Crippen LogP contribution < -0.4 is 9.64 Å². The van der Waals surface area contributed by atoms with Crippen molar-refractivity contribution in [3.8, 4) is 5.75 Å². The van der Waals surface area contributed by atoms with Gasteiger partial charge >= 0.3 is 0 Å². The van der Waals surface area contributed by atoms with Crippen molar-refractivity contribution in [2.75, 3.05) is 19.1 Å². The molecule has 126 valence electrons. The summed E-state index contributed by atoms with van der Waals surface area (Å²) in [6.45, 7) is 0. The van der Waals surface area contributed by atoms with Gasteiger partial charge in [-0.05, 0) is 52.2 Å². The molecule has 0 spiro atoms. The molecule has 0 saturated carbocycles. The largest absolute Gasteiger partial charge is 0.496 e. The molecule has 0 radical (unpaired) electrons. The summed E-state index contributed by atoms with van der Waals surface area (Å²) in [6, 6.07) is 11.6. The van der Waals surface area contributed by atoms with E-state index in [1.807, 2.05) is 18.2 Å². The van der Waals surface area contributed by atoms with Crippen molar-refractivity contribution in [3.05, 3.63) is 62.6 Å². The van der Waals surface area contributed by atoms with Gasteiger partial charge in [0.05, 0.1) is 16.5 Å². The van der Waals surface area contributed by atoms with Gasteiger partial charge in [0.25, 0.3) is 5.69 Å². The third kappa shape index (κ3) is 4.32. The predicted octanol–water partition coefficient (Wildman–Crippen LogP) is 3.96. The molecule has 0 aliphatic heterocycles. The lowest BCUT2D eigenvalue weighted by atomic mass is 10.1. The van der Waals surface area contributed by atoms with Crippen LogP contribution in [-0.2, 0) is 11.2 Å². The number of carbonyl (C=O) groups is 1. The first-order valence-corrected chi connectivity index (χ1v) is 8.05. The highest BCUT2D eigenvalue weighted by Gasteiger charge is 2.13. The van der Waals surface area contributed by atoms with Crippen LogP contribution in [-0.4, -0.2) is 25.0 Å². The Morgan fingerprint density at radius 3 is 2.46 bits per heavy atom. The van der Waals surface area contributed by atoms with E-state index < -0.39 is 4.92 Å². The first-order valence-electron chi connectivity index (χ1n) is 7.26. The fourth-order valence-electron chi connectivity index (χ4n) is 2.23. The maximum atomic E-state index is 12.3. The Morgan fingerprint density at radius 1 is 1.25 bits per heavy atom. The number of nitrogens with zero attached hydrogens (tertiary/aromatic N) is 2. The number of hydrogen-bond donors (Lipinski definition) is 0. The number of benzene rings is 2. The van der Waals surface area contributed by atoms with Gasteiger partial charge in [-0.15, -0.1) is 0 Å². The molecule has 0 atom stereocenters. The lowest BCUT2D eigenvalue weighted by Crippen LogP contribution is -2.26. The topological polar surface area (TPSA) is 72.7 Å². The summed E-state index contributed by atoms with van der Waals surface area (Å²) in [5.41, 5.74) is 1.65. The number of aryl methyl sites for hydroxylation is 1. The van der Waals surface area contributed by atoms with E-state index in [0.717, 1.165) is 15.8 Å². The highest BCUT2D eigenvalue weighted by atomic mass is 79.9. The summed E-state index contributed by atoms with van der Waals surface area (Å²) in [4.78, 5) is 24.0. The standard InChI is InChI=1S/C17H17BrN2O4/c1-19(13-5-7-14(8-6-13)20(22)23)17(21)10-4-12-3-9-16(24-2)15(18)11-12/h3,5-9,11H,4,10H2,1-2H3. The van der Waals surface area contributed by atoms with Crippen molar-refractivity contribution < 1.29 is 14.5 Å². The molecule has 2 aromatic rings. The number of anilines is 1. The van der Waals surface area contributed by atoms with Crippen molar-refractivity contribution >= 4 is 33.2 Å². The van der Waals surface area contributed by atoms with Crippen LogP contribution in [0.3, 0.4) is 0 Å². The van der Waals surface area contributed by atoms with Crippen LogP contribution in [0, 0.1) is 10.1 Å². The first kappa shape index (κ1) is 17.9. The summed E-state index contributed by atoms with van der Waals surface area (Å²) < 4.78 is 6.02. The van der Waals surface area contributed by atoms with E-state index in [1.54, 1.807) is 26.3 Å². The lowest BCUT2D eigenvalue weighted by Gasteiger charge is -2.17. The third-order valence-corrected chi connectivity index (χ3v) is 4.29. The van der Waals surface area contributed by atoms with Gasteiger partial charge in [-0.3, -0.25) is 14.9 Å². The van der Waals surface area contributed by atoms with E-state index >= 15 is 0 Å². The van der Waals surface area contributed by atoms with E-state index in [1.165, 1.54) is 17.0 Å². The number of methoxy groups -OCH3 is 1. The second kappa shape index (κ2) is 7.92. The molecule has 0 bridgehead atoms. The monoisotopic (exact) mass is 392 g/mol. The van der Waals surface area contributed by atoms with Crippen molar-refractivity contribution in [1.82, 2.24) is 0 Å². The van der Waals surface area contributed by atoms with Crippen molar-refractivity contribution in [3.63, 3.8) is 0 Å². The highest BCUT2D eigenvalue weighted by Crippen LogP contribution is 2.26. The fourth-order valence-corrected chi connectivity index (χ4v) is 2.81. The number of non-ortho nitro benzene ring substituents is 1. The Labute approximate surface area is 148 Å². The molecule has 0 aromatic heterocycles. The highest BCUT2D eigenvalue weighted by molar-refractivity contribution is 9.10. The number of nitro benzene ring substituents is 1. The molecule has 1 amide bonds. The van der Waals surface area contributed by atoms with Crippen LogP contribution >= 0.6 is 15.9 Å². The van der Waals surface area contributed by atoms with Gasteiger partial charge in [0.15, 0.2) is 0 Å². The van der Waals surface area contributed by atoms with Gasteiger partial charge in [0.1, 0.15) is 5.75 Å². The van der Waals surface area contributed by atoms with Gasteiger partial charge in [0.2, 0.25) is 5.91 Å². The fraction of sp³-hybridized carbons (Fsp3) is 0.235. The van der Waals surface area contributed by atoms with Gasteiger partial charge < -0.3 is 9.64 Å². The lowest BCUT2D eigenvalue weighted by molar-refractivity contribution is -0.384. The van der Waals surface area contributed by atoms with Crippen molar-refractivity contribution in [1.29, 1.82) is 0 Å². The van der Waals surface area contributed by atoms with E-state index in [9.17, 15) is 14.9 Å². The smallest absolute Gasteiger partial charge is 0.269 e. The maximum absolute atomic E-state index is 12.3. The Morgan fingerprint density at radius 2 is 1.92 bits per heavy atom. The third-order valence-electron chi connectivity index (χ3n) is 3.67. The van der Waals surface area contributed by atoms with E-state index in [0.29, 0.717) is 18.5 Å². The van der Waals surface area contributed by atoms with Gasteiger partial charge in [0, 0.05) is 31.3 Å². The van der Waals surface area contributed by atoms with Crippen LogP contribution in [0.15, 0.2) is 46.9 Å². The molecule has 0 fully saturated rings. The average Bonchev–Trinajstić information content (AvgIpc) is 2.59. The molecule has 2 aromatic carbocycles. The quantitative estimate of drug-likeness (QED) is 0.550. The average molecular weight is 393 g/mol. The van der Waals surface area contributed by atoms with E-state index in [4.69, 9.17) is 4.74 Å². The van der Waals surface area contributed by atoms with Crippen LogP contribution in [0.25, 0.3) is 0 Å². The minimum atomic E-state index is -0.465. The first-order chi connectivity index (χ1) is 11.4. The molecule has 0 unspecified atom stereocenters. The number of hydrogen-bond acceptors (Lipinski definition) is 4. The Bertz CT molecular complexity index is 747. The molecule has 6 nitrogen and oxygen atoms in total. The van der Waals surface area contributed by atoms with Gasteiger partial charge in [-0.25, -0.2) is 0 Å². The Kier molecular flexibility index (Phi) is 5.92. The normalized spacial score (nSPS) is 10.3. The maximum Gasteiger partial charge on any atom is 0.269 e. The number of nitro groups is 1. The SMILES string of the molecule is COc1ccc(CCC(=O)N(C)c2ccc([N+](=O)[O-])cc2)cc1Br. The number of rotatable bonds is 6. The molecule has 0 aliphatic rings. The molecule has 2 rings (SSSR count). The molecule has 0 aliphatic carbocycles. The summed E-state index contributed by atoms with van der Waals surface area (Å²) >= 11 is 3.42. The van der Waals surface area contributed by atoms with Crippen LogP contribution in [0.4, 0.5) is 11.4 Å². The van der Waals surface area contributed by atoms with E-state index in [2.05, 4.69) is 15.9 Å². The number of carbonyl (C=O) groups excluding carboxylic acids is 1. The van der Waals surface area contributed by atoms with Gasteiger partial charge in [-0.1, -0.05) is 6.07 Å². The van der Waals surface area contributed by atoms with Crippen LogP contribution in [0.5, 0.6) is 5.75 Å². The number of ether oxygens (including phenoxy) is 1. The molecule has 0 saturated heterocycles. The van der Waals surface area contributed by atoms with E-state index in [-0.39, 0.29) is 11.6 Å². The van der Waals surface area contributed by atoms with Crippen LogP contribution in [0.1, 0.15) is 12.0 Å². The molecule has 0 heterocycles. The zero-order valence-electron chi connectivity index (χ0n) is 13.4. The van der Waals surface area contributed by atoms with Gasteiger partial charge in [-0.2, -0.15) is 0 Å². The molecule has 7 heteroatoms. The minimum absolute atomic E-state index is 0.00248. The predicted molar refractivity (Wildman–Crippen MR) is 95.5 cm³/mol. The second-order valence-corrected chi connectivity index (χ2v) is 6.05. The Balaban J connectivity index is 1.98.